The summed E-state index contributed by atoms with van der Waals surface area (Å²) in [5.74, 6) is 0. The lowest BCUT2D eigenvalue weighted by atomic mass is 10.1. The number of anilines is 1. The molecule has 1 heterocycles. The van der Waals surface area contributed by atoms with Crippen molar-refractivity contribution >= 4 is 51.1 Å². The van der Waals surface area contributed by atoms with Crippen molar-refractivity contribution in [3.63, 3.8) is 0 Å². The Bertz CT molecular complexity index is 1230. The zero-order valence-corrected chi connectivity index (χ0v) is 20.2. The fraction of sp³-hybridized carbons (Fsp3) is 0.0833. The SMILES string of the molecule is Cn1nc(-c2ccccc2)c(COC(=O)Nc2cccc(Cl)c2)c1Sc1ccc(Br)cc1. The Hall–Kier alpha value is -2.74. The van der Waals surface area contributed by atoms with Crippen molar-refractivity contribution in [1.82, 2.24) is 9.78 Å². The Balaban J connectivity index is 1.60. The van der Waals surface area contributed by atoms with Gasteiger partial charge in [0, 0.05) is 38.3 Å². The lowest BCUT2D eigenvalue weighted by Crippen LogP contribution is -2.13. The Kier molecular flexibility index (Phi) is 7.19. The number of aromatic nitrogens is 2. The van der Waals surface area contributed by atoms with Crippen LogP contribution in [0.25, 0.3) is 11.3 Å². The molecule has 8 heteroatoms. The Morgan fingerprint density at radius 3 is 2.56 bits per heavy atom. The standard InChI is InChI=1S/C24H19BrClN3O2S/c1-29-23(32-20-12-10-17(25)11-13-20)21(22(28-29)16-6-3-2-4-7-16)15-31-24(30)27-19-9-5-8-18(26)14-19/h2-14H,15H2,1H3,(H,27,30). The quantitative estimate of drug-likeness (QED) is 0.283. The first kappa shape index (κ1) is 22.5. The van der Waals surface area contributed by atoms with Gasteiger partial charge in [-0.25, -0.2) is 4.79 Å². The molecule has 3 aromatic carbocycles. The van der Waals surface area contributed by atoms with Crippen molar-refractivity contribution in [2.75, 3.05) is 5.32 Å². The number of halogens is 2. The van der Waals surface area contributed by atoms with Crippen molar-refractivity contribution in [3.8, 4) is 11.3 Å². The Labute approximate surface area is 203 Å². The fourth-order valence-electron chi connectivity index (χ4n) is 3.11. The fourth-order valence-corrected chi connectivity index (χ4v) is 4.51. The number of nitrogens with one attached hydrogen (secondary N) is 1. The van der Waals surface area contributed by atoms with Gasteiger partial charge in [-0.1, -0.05) is 75.7 Å². The van der Waals surface area contributed by atoms with Crippen LogP contribution in [0.2, 0.25) is 5.02 Å². The topological polar surface area (TPSA) is 56.2 Å². The molecule has 1 amide bonds. The van der Waals surface area contributed by atoms with Gasteiger partial charge in [0.1, 0.15) is 17.3 Å². The van der Waals surface area contributed by atoms with Crippen molar-refractivity contribution in [2.45, 2.75) is 16.5 Å². The third-order valence-corrected chi connectivity index (χ3v) is 6.56. The van der Waals surface area contributed by atoms with Crippen molar-refractivity contribution in [3.05, 3.63) is 93.9 Å². The van der Waals surface area contributed by atoms with Crippen LogP contribution in [0, 0.1) is 0 Å². The Morgan fingerprint density at radius 2 is 1.84 bits per heavy atom. The highest BCUT2D eigenvalue weighted by Crippen LogP contribution is 2.36. The number of ether oxygens (including phenoxy) is 1. The van der Waals surface area contributed by atoms with Crippen LogP contribution >= 0.6 is 39.3 Å². The van der Waals surface area contributed by atoms with Crippen LogP contribution in [0.15, 0.2) is 93.3 Å². The largest absolute Gasteiger partial charge is 0.444 e. The molecule has 0 aliphatic rings. The first-order chi connectivity index (χ1) is 15.5. The minimum atomic E-state index is -0.560. The first-order valence-corrected chi connectivity index (χ1v) is 11.7. The van der Waals surface area contributed by atoms with E-state index in [0.29, 0.717) is 10.7 Å². The highest BCUT2D eigenvalue weighted by atomic mass is 79.9. The molecule has 32 heavy (non-hydrogen) atoms. The smallest absolute Gasteiger partial charge is 0.411 e. The minimum absolute atomic E-state index is 0.0727. The zero-order chi connectivity index (χ0) is 22.5. The lowest BCUT2D eigenvalue weighted by molar-refractivity contribution is 0.154. The van der Waals surface area contributed by atoms with E-state index in [1.54, 1.807) is 36.0 Å². The molecular weight excluding hydrogens is 510 g/mol. The van der Waals surface area contributed by atoms with Crippen LogP contribution in [-0.4, -0.2) is 15.9 Å². The van der Waals surface area contributed by atoms with Crippen LogP contribution in [-0.2, 0) is 18.4 Å². The van der Waals surface area contributed by atoms with Gasteiger partial charge in [0.05, 0.1) is 0 Å². The van der Waals surface area contributed by atoms with E-state index in [0.717, 1.165) is 31.2 Å². The van der Waals surface area contributed by atoms with Gasteiger partial charge in [-0.2, -0.15) is 5.10 Å². The molecule has 1 aromatic heterocycles. The molecule has 162 valence electrons. The summed E-state index contributed by atoms with van der Waals surface area (Å²) < 4.78 is 8.41. The molecule has 0 saturated carbocycles. The van der Waals surface area contributed by atoms with Crippen LogP contribution in [0.1, 0.15) is 5.56 Å². The molecule has 1 N–H and O–H groups in total. The highest BCUT2D eigenvalue weighted by Gasteiger charge is 2.20. The van der Waals surface area contributed by atoms with Gasteiger partial charge in [0.25, 0.3) is 0 Å². The number of carbonyl (C=O) groups excluding carboxylic acids is 1. The predicted octanol–water partition coefficient (Wildman–Crippen LogP) is 7.40. The second kappa shape index (κ2) is 10.3. The number of nitrogens with zero attached hydrogens (tertiary/aromatic N) is 2. The van der Waals surface area contributed by atoms with E-state index in [9.17, 15) is 4.79 Å². The van der Waals surface area contributed by atoms with Gasteiger partial charge in [-0.3, -0.25) is 10.00 Å². The van der Waals surface area contributed by atoms with Crippen LogP contribution < -0.4 is 5.32 Å². The summed E-state index contributed by atoms with van der Waals surface area (Å²) in [6.07, 6.45) is -0.560. The first-order valence-electron chi connectivity index (χ1n) is 9.73. The molecule has 5 nitrogen and oxygen atoms in total. The third-order valence-electron chi connectivity index (χ3n) is 4.58. The molecule has 0 unspecified atom stereocenters. The van der Waals surface area contributed by atoms with E-state index >= 15 is 0 Å². The highest BCUT2D eigenvalue weighted by molar-refractivity contribution is 9.10. The monoisotopic (exact) mass is 527 g/mol. The number of benzene rings is 3. The minimum Gasteiger partial charge on any atom is -0.444 e. The molecule has 0 aliphatic carbocycles. The predicted molar refractivity (Wildman–Crippen MR) is 132 cm³/mol. The number of carbonyl (C=O) groups is 1. The van der Waals surface area contributed by atoms with Crippen molar-refractivity contribution in [1.29, 1.82) is 0 Å². The lowest BCUT2D eigenvalue weighted by Gasteiger charge is -2.10. The summed E-state index contributed by atoms with van der Waals surface area (Å²) in [6.45, 7) is 0.0727. The molecule has 4 aromatic rings. The van der Waals surface area contributed by atoms with Gasteiger partial charge >= 0.3 is 6.09 Å². The summed E-state index contributed by atoms with van der Waals surface area (Å²) in [6, 6.07) is 24.8. The Morgan fingerprint density at radius 1 is 1.09 bits per heavy atom. The summed E-state index contributed by atoms with van der Waals surface area (Å²) in [7, 11) is 1.89. The number of amides is 1. The molecule has 0 atom stereocenters. The second-order valence-corrected chi connectivity index (χ2v) is 9.30. The summed E-state index contributed by atoms with van der Waals surface area (Å²) in [5.41, 5.74) is 3.15. The molecular formula is C24H19BrClN3O2S. The average Bonchev–Trinajstić information content (AvgIpc) is 3.09. The zero-order valence-electron chi connectivity index (χ0n) is 17.1. The molecule has 0 spiro atoms. The second-order valence-electron chi connectivity index (χ2n) is 6.89. The maximum absolute atomic E-state index is 12.4. The van der Waals surface area contributed by atoms with Crippen LogP contribution in [0.3, 0.4) is 0 Å². The molecule has 0 bridgehead atoms. The van der Waals surface area contributed by atoms with Crippen LogP contribution in [0.5, 0.6) is 0 Å². The number of aryl methyl sites for hydroxylation is 1. The normalized spacial score (nSPS) is 10.7. The van der Waals surface area contributed by atoms with Crippen molar-refractivity contribution in [2.24, 2.45) is 7.05 Å². The van der Waals surface area contributed by atoms with Gasteiger partial charge in [-0.15, -0.1) is 0 Å². The molecule has 0 saturated heterocycles. The maximum Gasteiger partial charge on any atom is 0.411 e. The molecule has 0 aliphatic heterocycles. The van der Waals surface area contributed by atoms with Gasteiger partial charge in [0.2, 0.25) is 0 Å². The van der Waals surface area contributed by atoms with Crippen LogP contribution in [0.4, 0.5) is 10.5 Å². The molecule has 0 radical (unpaired) electrons. The van der Waals surface area contributed by atoms with E-state index < -0.39 is 6.09 Å². The summed E-state index contributed by atoms with van der Waals surface area (Å²) in [5, 5.41) is 8.88. The van der Waals surface area contributed by atoms with Crippen molar-refractivity contribution < 1.29 is 9.53 Å². The average molecular weight is 529 g/mol. The van der Waals surface area contributed by atoms with E-state index in [-0.39, 0.29) is 6.61 Å². The molecule has 4 rings (SSSR count). The molecule has 0 fully saturated rings. The number of hydrogen-bond acceptors (Lipinski definition) is 4. The third kappa shape index (κ3) is 5.54. The van der Waals surface area contributed by atoms with E-state index in [4.69, 9.17) is 21.4 Å². The summed E-state index contributed by atoms with van der Waals surface area (Å²) >= 11 is 11.0. The maximum atomic E-state index is 12.4. The van der Waals surface area contributed by atoms with Gasteiger partial charge < -0.3 is 4.74 Å². The number of hydrogen-bond donors (Lipinski definition) is 1. The van der Waals surface area contributed by atoms with Gasteiger partial charge in [-0.05, 0) is 42.5 Å². The van der Waals surface area contributed by atoms with Gasteiger partial charge in [0.15, 0.2) is 0 Å². The summed E-state index contributed by atoms with van der Waals surface area (Å²) in [4.78, 5) is 13.5. The van der Waals surface area contributed by atoms with E-state index in [1.165, 1.54) is 0 Å². The van der Waals surface area contributed by atoms with E-state index in [2.05, 4.69) is 21.2 Å². The number of rotatable bonds is 6. The van der Waals surface area contributed by atoms with E-state index in [1.807, 2.05) is 66.3 Å².